The van der Waals surface area contributed by atoms with Gasteiger partial charge in [0.2, 0.25) is 0 Å². The minimum absolute atomic E-state index is 0.491. The zero-order chi connectivity index (χ0) is 11.6. The SMILES string of the molecule is CNCC(C)(CCc1scnc1C)C1CC1. The maximum Gasteiger partial charge on any atom is 0.0797 e. The third-order valence-corrected chi connectivity index (χ3v) is 4.91. The normalized spacial score (nSPS) is 19.7. The highest BCUT2D eigenvalue weighted by Crippen LogP contribution is 2.47. The minimum atomic E-state index is 0.491. The van der Waals surface area contributed by atoms with Gasteiger partial charge in [-0.15, -0.1) is 11.3 Å². The lowest BCUT2D eigenvalue weighted by atomic mass is 9.80. The molecule has 1 atom stereocenters. The van der Waals surface area contributed by atoms with Crippen molar-refractivity contribution in [1.29, 1.82) is 0 Å². The number of hydrogen-bond donors (Lipinski definition) is 1. The molecule has 1 saturated carbocycles. The van der Waals surface area contributed by atoms with Crippen LogP contribution in [0.3, 0.4) is 0 Å². The predicted molar refractivity (Wildman–Crippen MR) is 69.9 cm³/mol. The Kier molecular flexibility index (Phi) is 3.65. The van der Waals surface area contributed by atoms with Gasteiger partial charge < -0.3 is 5.32 Å². The summed E-state index contributed by atoms with van der Waals surface area (Å²) in [7, 11) is 2.07. The van der Waals surface area contributed by atoms with Gasteiger partial charge in [0.1, 0.15) is 0 Å². The number of nitrogens with one attached hydrogen (secondary N) is 1. The number of hydrogen-bond acceptors (Lipinski definition) is 3. The van der Waals surface area contributed by atoms with Gasteiger partial charge in [-0.25, -0.2) is 4.98 Å². The van der Waals surface area contributed by atoms with Crippen LogP contribution < -0.4 is 5.32 Å². The van der Waals surface area contributed by atoms with Crippen LogP contribution in [-0.2, 0) is 6.42 Å². The van der Waals surface area contributed by atoms with Crippen LogP contribution in [-0.4, -0.2) is 18.6 Å². The van der Waals surface area contributed by atoms with Crippen molar-refractivity contribution in [3.8, 4) is 0 Å². The summed E-state index contributed by atoms with van der Waals surface area (Å²) in [4.78, 5) is 5.80. The number of rotatable bonds is 6. The molecule has 0 aliphatic heterocycles. The Morgan fingerprint density at radius 3 is 2.81 bits per heavy atom. The van der Waals surface area contributed by atoms with Crippen molar-refractivity contribution in [2.75, 3.05) is 13.6 Å². The molecule has 16 heavy (non-hydrogen) atoms. The van der Waals surface area contributed by atoms with Crippen LogP contribution in [0.4, 0.5) is 0 Å². The summed E-state index contributed by atoms with van der Waals surface area (Å²) >= 11 is 1.81. The molecular weight excluding hydrogens is 216 g/mol. The lowest BCUT2D eigenvalue weighted by Gasteiger charge is -2.29. The molecule has 1 aromatic rings. The van der Waals surface area contributed by atoms with Gasteiger partial charge in [-0.1, -0.05) is 6.92 Å². The topological polar surface area (TPSA) is 24.9 Å². The van der Waals surface area contributed by atoms with E-state index in [1.165, 1.54) is 36.3 Å². The van der Waals surface area contributed by atoms with Gasteiger partial charge in [-0.05, 0) is 51.0 Å². The second-order valence-corrected chi connectivity index (χ2v) is 6.26. The average Bonchev–Trinajstić information content (AvgIpc) is 3.02. The van der Waals surface area contributed by atoms with E-state index < -0.39 is 0 Å². The summed E-state index contributed by atoms with van der Waals surface area (Å²) in [6.07, 6.45) is 5.35. The number of thiazole rings is 1. The van der Waals surface area contributed by atoms with Crippen molar-refractivity contribution in [2.24, 2.45) is 11.3 Å². The molecule has 90 valence electrons. The van der Waals surface area contributed by atoms with Crippen molar-refractivity contribution >= 4 is 11.3 Å². The Bertz CT molecular complexity index is 343. The molecule has 1 N–H and O–H groups in total. The lowest BCUT2D eigenvalue weighted by molar-refractivity contribution is 0.243. The zero-order valence-electron chi connectivity index (χ0n) is 10.5. The Labute approximate surface area is 102 Å². The van der Waals surface area contributed by atoms with E-state index in [1.54, 1.807) is 0 Å². The van der Waals surface area contributed by atoms with Gasteiger partial charge >= 0.3 is 0 Å². The molecule has 1 aliphatic carbocycles. The molecular formula is C13H22N2S. The molecule has 0 saturated heterocycles. The fourth-order valence-corrected chi connectivity index (χ4v) is 3.37. The molecule has 0 bridgehead atoms. The third-order valence-electron chi connectivity index (χ3n) is 3.91. The smallest absolute Gasteiger partial charge is 0.0797 e. The summed E-state index contributed by atoms with van der Waals surface area (Å²) in [6, 6.07) is 0. The summed E-state index contributed by atoms with van der Waals surface area (Å²) < 4.78 is 0. The average molecular weight is 238 g/mol. The van der Waals surface area contributed by atoms with Crippen LogP contribution >= 0.6 is 11.3 Å². The highest BCUT2D eigenvalue weighted by molar-refractivity contribution is 7.09. The first-order chi connectivity index (χ1) is 7.65. The molecule has 0 amide bonds. The molecule has 1 fully saturated rings. The van der Waals surface area contributed by atoms with E-state index in [0.717, 1.165) is 12.5 Å². The van der Waals surface area contributed by atoms with E-state index in [1.807, 2.05) is 16.8 Å². The quantitative estimate of drug-likeness (QED) is 0.824. The van der Waals surface area contributed by atoms with E-state index >= 15 is 0 Å². The summed E-state index contributed by atoms with van der Waals surface area (Å²) in [5.74, 6) is 0.952. The predicted octanol–water partition coefficient (Wildman–Crippen LogP) is 3.02. The fraction of sp³-hybridized carbons (Fsp3) is 0.769. The van der Waals surface area contributed by atoms with Gasteiger partial charge in [0.05, 0.1) is 11.2 Å². The summed E-state index contributed by atoms with van der Waals surface area (Å²) in [5.41, 5.74) is 3.69. The Hall–Kier alpha value is -0.410. The van der Waals surface area contributed by atoms with Crippen LogP contribution in [0.5, 0.6) is 0 Å². The van der Waals surface area contributed by atoms with Gasteiger partial charge in [-0.2, -0.15) is 0 Å². The van der Waals surface area contributed by atoms with Crippen molar-refractivity contribution in [2.45, 2.75) is 39.5 Å². The molecule has 1 heterocycles. The van der Waals surface area contributed by atoms with Crippen LogP contribution in [0.2, 0.25) is 0 Å². The molecule has 2 rings (SSSR count). The van der Waals surface area contributed by atoms with Crippen molar-refractivity contribution in [3.63, 3.8) is 0 Å². The Morgan fingerprint density at radius 2 is 2.31 bits per heavy atom. The molecule has 0 radical (unpaired) electrons. The van der Waals surface area contributed by atoms with Crippen LogP contribution in [0.25, 0.3) is 0 Å². The molecule has 1 aromatic heterocycles. The van der Waals surface area contributed by atoms with Crippen LogP contribution in [0, 0.1) is 18.3 Å². The number of nitrogens with zero attached hydrogens (tertiary/aromatic N) is 1. The molecule has 1 aliphatic rings. The lowest BCUT2D eigenvalue weighted by Crippen LogP contribution is -2.32. The first-order valence-corrected chi connectivity index (χ1v) is 7.07. The van der Waals surface area contributed by atoms with E-state index in [2.05, 4.69) is 31.2 Å². The summed E-state index contributed by atoms with van der Waals surface area (Å²) in [5, 5.41) is 3.36. The third kappa shape index (κ3) is 2.64. The first kappa shape index (κ1) is 12.1. The summed E-state index contributed by atoms with van der Waals surface area (Å²) in [6.45, 7) is 5.71. The van der Waals surface area contributed by atoms with Crippen LogP contribution in [0.1, 0.15) is 36.8 Å². The Morgan fingerprint density at radius 1 is 1.56 bits per heavy atom. The second kappa shape index (κ2) is 4.84. The van der Waals surface area contributed by atoms with E-state index in [4.69, 9.17) is 0 Å². The Balaban J connectivity index is 1.94. The highest BCUT2D eigenvalue weighted by atomic mass is 32.1. The second-order valence-electron chi connectivity index (χ2n) is 5.32. The largest absolute Gasteiger partial charge is 0.319 e. The van der Waals surface area contributed by atoms with Crippen molar-refractivity contribution in [3.05, 3.63) is 16.1 Å². The molecule has 0 aromatic carbocycles. The first-order valence-electron chi connectivity index (χ1n) is 6.19. The number of aryl methyl sites for hydroxylation is 2. The van der Waals surface area contributed by atoms with Gasteiger partial charge in [0.25, 0.3) is 0 Å². The van der Waals surface area contributed by atoms with E-state index in [0.29, 0.717) is 5.41 Å². The van der Waals surface area contributed by atoms with Gasteiger partial charge in [0, 0.05) is 11.4 Å². The molecule has 2 nitrogen and oxygen atoms in total. The van der Waals surface area contributed by atoms with Crippen LogP contribution in [0.15, 0.2) is 5.51 Å². The maximum absolute atomic E-state index is 4.33. The zero-order valence-corrected chi connectivity index (χ0v) is 11.4. The monoisotopic (exact) mass is 238 g/mol. The van der Waals surface area contributed by atoms with Gasteiger partial charge in [-0.3, -0.25) is 0 Å². The standard InChI is InChI=1S/C13H22N2S/c1-10-12(16-9-15-10)6-7-13(2,8-14-3)11-4-5-11/h9,11,14H,4-8H2,1-3H3. The van der Waals surface area contributed by atoms with Crippen molar-refractivity contribution in [1.82, 2.24) is 10.3 Å². The van der Waals surface area contributed by atoms with E-state index in [9.17, 15) is 0 Å². The number of aromatic nitrogens is 1. The maximum atomic E-state index is 4.33. The minimum Gasteiger partial charge on any atom is -0.319 e. The highest BCUT2D eigenvalue weighted by Gasteiger charge is 2.40. The van der Waals surface area contributed by atoms with Gasteiger partial charge in [0.15, 0.2) is 0 Å². The van der Waals surface area contributed by atoms with Crippen molar-refractivity contribution < 1.29 is 0 Å². The van der Waals surface area contributed by atoms with E-state index in [-0.39, 0.29) is 0 Å². The fourth-order valence-electron chi connectivity index (χ4n) is 2.59. The molecule has 1 unspecified atom stereocenters. The molecule has 3 heteroatoms. The molecule has 0 spiro atoms.